The first-order valence-electron chi connectivity index (χ1n) is 9.08. The number of hydroxylamine groups is 1. The SMILES string of the molecule is O=C(c1ccc(Br)cc1)[C@@H]1[C@@H]2[C@@H]3C[C@@H]([C@H]2ON1c1ccccc1)[C@@H](Cl)C3. The molecular weight excluding hydrogens is 414 g/mol. The number of ketones is 1. The molecule has 6 atom stereocenters. The van der Waals surface area contributed by atoms with Gasteiger partial charge in [0, 0.05) is 27.2 Å². The Labute approximate surface area is 166 Å². The van der Waals surface area contributed by atoms with E-state index >= 15 is 0 Å². The van der Waals surface area contributed by atoms with E-state index in [0.717, 1.165) is 28.6 Å². The average Bonchev–Trinajstić information content (AvgIpc) is 3.32. The third kappa shape index (κ3) is 2.54. The van der Waals surface area contributed by atoms with Gasteiger partial charge in [-0.2, -0.15) is 0 Å². The molecule has 5 heteroatoms. The lowest BCUT2D eigenvalue weighted by atomic mass is 9.79. The molecule has 2 saturated carbocycles. The molecule has 2 aromatic carbocycles. The molecule has 0 spiro atoms. The highest BCUT2D eigenvalue weighted by Gasteiger charge is 2.62. The minimum atomic E-state index is -0.289. The van der Waals surface area contributed by atoms with E-state index in [9.17, 15) is 4.79 Å². The fraction of sp³-hybridized carbons (Fsp3) is 0.381. The van der Waals surface area contributed by atoms with Crippen molar-refractivity contribution in [3.63, 3.8) is 0 Å². The van der Waals surface area contributed by atoms with Gasteiger partial charge in [-0.15, -0.1) is 11.6 Å². The van der Waals surface area contributed by atoms with E-state index in [4.69, 9.17) is 16.4 Å². The van der Waals surface area contributed by atoms with Gasteiger partial charge in [-0.1, -0.05) is 46.3 Å². The van der Waals surface area contributed by atoms with Gasteiger partial charge in [0.15, 0.2) is 5.78 Å². The Bertz CT molecular complexity index is 828. The number of anilines is 1. The number of para-hydroxylation sites is 1. The first kappa shape index (κ1) is 16.8. The summed E-state index contributed by atoms with van der Waals surface area (Å²) in [7, 11) is 0. The van der Waals surface area contributed by atoms with Crippen LogP contribution in [-0.2, 0) is 4.84 Å². The Morgan fingerprint density at radius 3 is 2.54 bits per heavy atom. The number of carbonyl (C=O) groups is 1. The zero-order valence-corrected chi connectivity index (χ0v) is 16.4. The summed E-state index contributed by atoms with van der Waals surface area (Å²) in [6, 6.07) is 17.3. The molecule has 3 nitrogen and oxygen atoms in total. The number of alkyl halides is 1. The molecular formula is C21H19BrClNO2. The van der Waals surface area contributed by atoms with Gasteiger partial charge in [0.1, 0.15) is 6.04 Å². The molecule has 2 aliphatic carbocycles. The van der Waals surface area contributed by atoms with Gasteiger partial charge < -0.3 is 0 Å². The standard InChI is InChI=1S/C21H19BrClNO2/c22-14-8-6-12(7-9-14)20(25)19-18-13-10-16(17(23)11-13)21(18)26-24(19)15-4-2-1-3-5-15/h1-9,13,16-19,21H,10-11H2/t13-,16-,17+,18+,19+,21-/m1/s1. The normalized spacial score (nSPS) is 34.9. The van der Waals surface area contributed by atoms with Crippen LogP contribution in [0, 0.1) is 17.8 Å². The number of halogens is 2. The maximum Gasteiger partial charge on any atom is 0.188 e. The first-order valence-corrected chi connectivity index (χ1v) is 10.3. The van der Waals surface area contributed by atoms with Crippen molar-refractivity contribution in [1.82, 2.24) is 0 Å². The van der Waals surface area contributed by atoms with Crippen LogP contribution in [0.3, 0.4) is 0 Å². The molecule has 1 saturated heterocycles. The van der Waals surface area contributed by atoms with Gasteiger partial charge in [0.25, 0.3) is 0 Å². The van der Waals surface area contributed by atoms with E-state index in [1.54, 1.807) is 0 Å². The predicted octanol–water partition coefficient (Wildman–Crippen LogP) is 5.08. The molecule has 5 rings (SSSR count). The van der Waals surface area contributed by atoms with Crippen molar-refractivity contribution in [3.05, 3.63) is 64.6 Å². The molecule has 2 bridgehead atoms. The van der Waals surface area contributed by atoms with Crippen LogP contribution in [0.4, 0.5) is 5.69 Å². The molecule has 0 unspecified atom stereocenters. The quantitative estimate of drug-likeness (QED) is 0.500. The van der Waals surface area contributed by atoms with E-state index in [1.807, 2.05) is 59.7 Å². The molecule has 0 radical (unpaired) electrons. The molecule has 134 valence electrons. The van der Waals surface area contributed by atoms with E-state index in [1.165, 1.54) is 0 Å². The van der Waals surface area contributed by atoms with Crippen LogP contribution in [0.2, 0.25) is 0 Å². The highest BCUT2D eigenvalue weighted by molar-refractivity contribution is 9.10. The zero-order chi connectivity index (χ0) is 17.8. The average molecular weight is 433 g/mol. The van der Waals surface area contributed by atoms with Crippen LogP contribution >= 0.6 is 27.5 Å². The highest BCUT2D eigenvalue weighted by Crippen LogP contribution is 2.57. The number of hydrogen-bond acceptors (Lipinski definition) is 3. The Kier molecular flexibility index (Phi) is 4.11. The summed E-state index contributed by atoms with van der Waals surface area (Å²) >= 11 is 9.99. The number of Topliss-reactive ketones (excluding diaryl/α,β-unsaturated/α-hetero) is 1. The number of fused-ring (bicyclic) bond motifs is 5. The van der Waals surface area contributed by atoms with Crippen LogP contribution in [0.25, 0.3) is 0 Å². The topological polar surface area (TPSA) is 29.5 Å². The van der Waals surface area contributed by atoms with Crippen molar-refractivity contribution in [2.24, 2.45) is 17.8 Å². The minimum absolute atomic E-state index is 0.0425. The largest absolute Gasteiger partial charge is 0.292 e. The van der Waals surface area contributed by atoms with Crippen molar-refractivity contribution < 1.29 is 9.63 Å². The summed E-state index contributed by atoms with van der Waals surface area (Å²) in [6.45, 7) is 0. The van der Waals surface area contributed by atoms with Gasteiger partial charge in [0.2, 0.25) is 0 Å². The summed E-state index contributed by atoms with van der Waals surface area (Å²) in [5.74, 6) is 1.16. The van der Waals surface area contributed by atoms with E-state index in [2.05, 4.69) is 15.9 Å². The number of hydrogen-bond donors (Lipinski definition) is 0. The molecule has 2 aromatic rings. The molecule has 1 aliphatic heterocycles. The lowest BCUT2D eigenvalue weighted by Crippen LogP contribution is -2.42. The summed E-state index contributed by atoms with van der Waals surface area (Å²) in [5.41, 5.74) is 1.66. The summed E-state index contributed by atoms with van der Waals surface area (Å²) in [6.07, 6.45) is 2.11. The van der Waals surface area contributed by atoms with Crippen LogP contribution in [0.1, 0.15) is 23.2 Å². The van der Waals surface area contributed by atoms with Crippen molar-refractivity contribution in [3.8, 4) is 0 Å². The number of carbonyl (C=O) groups excluding carboxylic acids is 1. The van der Waals surface area contributed by atoms with Crippen LogP contribution < -0.4 is 5.06 Å². The second-order valence-electron chi connectivity index (χ2n) is 7.54. The molecule has 3 aliphatic rings. The predicted molar refractivity (Wildman–Crippen MR) is 105 cm³/mol. The second-order valence-corrected chi connectivity index (χ2v) is 9.01. The van der Waals surface area contributed by atoms with Crippen molar-refractivity contribution >= 4 is 39.0 Å². The van der Waals surface area contributed by atoms with Gasteiger partial charge in [-0.05, 0) is 43.0 Å². The Morgan fingerprint density at radius 2 is 1.81 bits per heavy atom. The molecule has 26 heavy (non-hydrogen) atoms. The Morgan fingerprint density at radius 1 is 1.08 bits per heavy atom. The Balaban J connectivity index is 1.54. The van der Waals surface area contributed by atoms with Gasteiger partial charge in [0.05, 0.1) is 11.8 Å². The summed E-state index contributed by atoms with van der Waals surface area (Å²) in [5, 5.41) is 2.02. The smallest absolute Gasteiger partial charge is 0.188 e. The fourth-order valence-electron chi connectivity index (χ4n) is 5.07. The molecule has 3 fully saturated rings. The monoisotopic (exact) mass is 431 g/mol. The van der Waals surface area contributed by atoms with E-state index in [-0.39, 0.29) is 29.2 Å². The molecule has 0 aromatic heterocycles. The van der Waals surface area contributed by atoms with Crippen LogP contribution in [0.15, 0.2) is 59.1 Å². The van der Waals surface area contributed by atoms with Crippen LogP contribution in [-0.4, -0.2) is 23.3 Å². The fourth-order valence-corrected chi connectivity index (χ4v) is 5.81. The van der Waals surface area contributed by atoms with Gasteiger partial charge >= 0.3 is 0 Å². The number of benzene rings is 2. The summed E-state index contributed by atoms with van der Waals surface area (Å²) < 4.78 is 0.972. The summed E-state index contributed by atoms with van der Waals surface area (Å²) in [4.78, 5) is 19.8. The maximum absolute atomic E-state index is 13.5. The maximum atomic E-state index is 13.5. The lowest BCUT2D eigenvalue weighted by molar-refractivity contribution is 0.0371. The van der Waals surface area contributed by atoms with Crippen molar-refractivity contribution in [2.45, 2.75) is 30.4 Å². The molecule has 1 heterocycles. The third-order valence-corrected chi connectivity index (χ3v) is 7.20. The lowest BCUT2D eigenvalue weighted by Gasteiger charge is -2.28. The second kappa shape index (κ2) is 6.36. The molecule has 0 N–H and O–H groups in total. The number of nitrogens with zero attached hydrogens (tertiary/aromatic N) is 1. The minimum Gasteiger partial charge on any atom is -0.292 e. The van der Waals surface area contributed by atoms with Crippen molar-refractivity contribution in [2.75, 3.05) is 5.06 Å². The van der Waals surface area contributed by atoms with Crippen LogP contribution in [0.5, 0.6) is 0 Å². The Hall–Kier alpha value is -1.36. The number of rotatable bonds is 3. The van der Waals surface area contributed by atoms with E-state index < -0.39 is 0 Å². The zero-order valence-electron chi connectivity index (χ0n) is 14.1. The van der Waals surface area contributed by atoms with Gasteiger partial charge in [-0.25, -0.2) is 5.06 Å². The first-order chi connectivity index (χ1) is 12.6. The van der Waals surface area contributed by atoms with E-state index in [0.29, 0.717) is 11.8 Å². The molecule has 0 amide bonds. The third-order valence-electron chi connectivity index (χ3n) is 6.17. The van der Waals surface area contributed by atoms with Gasteiger partial charge in [-0.3, -0.25) is 9.63 Å². The highest BCUT2D eigenvalue weighted by atomic mass is 79.9. The van der Waals surface area contributed by atoms with Crippen molar-refractivity contribution in [1.29, 1.82) is 0 Å².